The Kier molecular flexibility index (Phi) is 4.40. The van der Waals surface area contributed by atoms with Gasteiger partial charge >= 0.3 is 5.97 Å². The fourth-order valence-corrected chi connectivity index (χ4v) is 3.10. The first-order valence-corrected chi connectivity index (χ1v) is 6.59. The molecule has 1 fully saturated rings. The van der Waals surface area contributed by atoms with E-state index in [0.29, 0.717) is 11.3 Å². The molecule has 0 spiro atoms. The summed E-state index contributed by atoms with van der Waals surface area (Å²) >= 11 is 0. The molecule has 0 saturated heterocycles. The molecule has 1 N–H and O–H groups in total. The van der Waals surface area contributed by atoms with E-state index in [2.05, 4.69) is 20.8 Å². The molecule has 1 rings (SSSR count). The third kappa shape index (κ3) is 3.23. The lowest BCUT2D eigenvalue weighted by Crippen LogP contribution is -2.31. The minimum atomic E-state index is -0.596. The highest BCUT2D eigenvalue weighted by Gasteiger charge is 2.34. The lowest BCUT2D eigenvalue weighted by atomic mass is 9.67. The van der Waals surface area contributed by atoms with E-state index in [0.717, 1.165) is 25.2 Å². The molecule has 0 heterocycles. The van der Waals surface area contributed by atoms with Crippen molar-refractivity contribution in [2.24, 2.45) is 23.2 Å². The Morgan fingerprint density at radius 1 is 1.25 bits per heavy atom. The second-order valence-electron chi connectivity index (χ2n) is 6.33. The monoisotopic (exact) mass is 226 g/mol. The second kappa shape index (κ2) is 5.20. The molecule has 1 atom stereocenters. The molecule has 0 radical (unpaired) electrons. The van der Waals surface area contributed by atoms with Gasteiger partial charge in [-0.25, -0.2) is 0 Å². The molecule has 2 nitrogen and oxygen atoms in total. The van der Waals surface area contributed by atoms with Gasteiger partial charge in [-0.3, -0.25) is 4.79 Å². The van der Waals surface area contributed by atoms with Gasteiger partial charge in [-0.1, -0.05) is 27.7 Å². The Hall–Kier alpha value is -0.530. The summed E-state index contributed by atoms with van der Waals surface area (Å²) in [6, 6.07) is 0. The highest BCUT2D eigenvalue weighted by atomic mass is 16.4. The van der Waals surface area contributed by atoms with Crippen molar-refractivity contribution in [1.82, 2.24) is 0 Å². The summed E-state index contributed by atoms with van der Waals surface area (Å²) in [5.41, 5.74) is 0.385. The molecule has 94 valence electrons. The van der Waals surface area contributed by atoms with Crippen molar-refractivity contribution in [1.29, 1.82) is 0 Å². The molecule has 0 aromatic carbocycles. The van der Waals surface area contributed by atoms with Crippen LogP contribution in [-0.2, 0) is 4.79 Å². The minimum absolute atomic E-state index is 0.110. The molecule has 0 bridgehead atoms. The van der Waals surface area contributed by atoms with Gasteiger partial charge in [0.2, 0.25) is 0 Å². The first-order valence-electron chi connectivity index (χ1n) is 6.59. The third-order valence-corrected chi connectivity index (χ3v) is 4.32. The predicted molar refractivity (Wildman–Crippen MR) is 66.3 cm³/mol. The van der Waals surface area contributed by atoms with Crippen LogP contribution in [0.1, 0.15) is 59.8 Å². The second-order valence-corrected chi connectivity index (χ2v) is 6.33. The fourth-order valence-electron chi connectivity index (χ4n) is 3.10. The average molecular weight is 226 g/mol. The van der Waals surface area contributed by atoms with Crippen LogP contribution in [0, 0.1) is 23.2 Å². The van der Waals surface area contributed by atoms with Crippen molar-refractivity contribution in [3.63, 3.8) is 0 Å². The molecular weight excluding hydrogens is 200 g/mol. The van der Waals surface area contributed by atoms with Crippen LogP contribution in [0.3, 0.4) is 0 Å². The van der Waals surface area contributed by atoms with Gasteiger partial charge in [-0.05, 0) is 49.4 Å². The zero-order valence-electron chi connectivity index (χ0n) is 11.1. The van der Waals surface area contributed by atoms with Gasteiger partial charge < -0.3 is 5.11 Å². The molecule has 1 aliphatic rings. The van der Waals surface area contributed by atoms with Gasteiger partial charge in [-0.15, -0.1) is 0 Å². The van der Waals surface area contributed by atoms with Crippen LogP contribution < -0.4 is 0 Å². The number of carboxylic acid groups (broad SMARTS) is 1. The Morgan fingerprint density at radius 2 is 1.75 bits per heavy atom. The maximum atomic E-state index is 11.1. The molecular formula is C14H26O2. The number of rotatable bonds is 3. The van der Waals surface area contributed by atoms with Crippen LogP contribution in [-0.4, -0.2) is 11.1 Å². The first kappa shape index (κ1) is 13.5. The first-order chi connectivity index (χ1) is 7.36. The lowest BCUT2D eigenvalue weighted by molar-refractivity contribution is -0.144. The Bertz CT molecular complexity index is 232. The van der Waals surface area contributed by atoms with E-state index in [9.17, 15) is 4.79 Å². The predicted octanol–water partition coefficient (Wildman–Crippen LogP) is 3.95. The smallest absolute Gasteiger partial charge is 0.306 e. The molecule has 0 aromatic heterocycles. The topological polar surface area (TPSA) is 37.3 Å². The summed E-state index contributed by atoms with van der Waals surface area (Å²) in [6.07, 6.45) is 5.40. The van der Waals surface area contributed by atoms with E-state index in [1.165, 1.54) is 12.8 Å². The molecule has 2 heteroatoms. The van der Waals surface area contributed by atoms with Crippen LogP contribution in [0.2, 0.25) is 0 Å². The normalized spacial score (nSPS) is 28.8. The molecule has 0 amide bonds. The van der Waals surface area contributed by atoms with Gasteiger partial charge in [-0.2, -0.15) is 0 Å². The van der Waals surface area contributed by atoms with Crippen molar-refractivity contribution >= 4 is 5.97 Å². The van der Waals surface area contributed by atoms with E-state index in [1.807, 2.05) is 6.92 Å². The molecule has 16 heavy (non-hydrogen) atoms. The average Bonchev–Trinajstić information content (AvgIpc) is 2.17. The number of hydrogen-bond donors (Lipinski definition) is 1. The lowest BCUT2D eigenvalue weighted by Gasteiger charge is -2.38. The Morgan fingerprint density at radius 3 is 2.06 bits per heavy atom. The number of carboxylic acids is 1. The minimum Gasteiger partial charge on any atom is -0.481 e. The Labute approximate surface area is 99.4 Å². The highest BCUT2D eigenvalue weighted by molar-refractivity contribution is 5.70. The van der Waals surface area contributed by atoms with E-state index >= 15 is 0 Å². The zero-order valence-corrected chi connectivity index (χ0v) is 11.1. The van der Waals surface area contributed by atoms with Gasteiger partial charge in [0, 0.05) is 0 Å². The maximum Gasteiger partial charge on any atom is 0.306 e. The molecule has 1 unspecified atom stereocenters. The SMILES string of the molecule is CCC(C(=O)O)C1CCC(C(C)(C)C)CC1. The van der Waals surface area contributed by atoms with Crippen LogP contribution in [0.15, 0.2) is 0 Å². The summed E-state index contributed by atoms with van der Waals surface area (Å²) in [4.78, 5) is 11.1. The van der Waals surface area contributed by atoms with Crippen molar-refractivity contribution in [3.05, 3.63) is 0 Å². The van der Waals surface area contributed by atoms with Gasteiger partial charge in [0.05, 0.1) is 5.92 Å². The Balaban J connectivity index is 2.51. The van der Waals surface area contributed by atoms with Crippen molar-refractivity contribution in [2.75, 3.05) is 0 Å². The summed E-state index contributed by atoms with van der Waals surface area (Å²) in [5, 5.41) is 9.15. The van der Waals surface area contributed by atoms with Gasteiger partial charge in [0.1, 0.15) is 0 Å². The third-order valence-electron chi connectivity index (χ3n) is 4.32. The standard InChI is InChI=1S/C14H26O2/c1-5-12(13(15)16)10-6-8-11(9-7-10)14(2,3)4/h10-12H,5-9H2,1-4H3,(H,15,16). The largest absolute Gasteiger partial charge is 0.481 e. The van der Waals surface area contributed by atoms with Crippen LogP contribution in [0.5, 0.6) is 0 Å². The molecule has 1 aliphatic carbocycles. The molecule has 0 aliphatic heterocycles. The number of hydrogen-bond acceptors (Lipinski definition) is 1. The number of carbonyl (C=O) groups is 1. The quantitative estimate of drug-likeness (QED) is 0.791. The van der Waals surface area contributed by atoms with Crippen LogP contribution >= 0.6 is 0 Å². The van der Waals surface area contributed by atoms with Gasteiger partial charge in [0.25, 0.3) is 0 Å². The summed E-state index contributed by atoms with van der Waals surface area (Å²) in [6.45, 7) is 8.89. The van der Waals surface area contributed by atoms with Crippen molar-refractivity contribution in [2.45, 2.75) is 59.8 Å². The van der Waals surface area contributed by atoms with Crippen LogP contribution in [0.4, 0.5) is 0 Å². The van der Waals surface area contributed by atoms with E-state index in [4.69, 9.17) is 5.11 Å². The van der Waals surface area contributed by atoms with E-state index in [-0.39, 0.29) is 5.92 Å². The van der Waals surface area contributed by atoms with Crippen LogP contribution in [0.25, 0.3) is 0 Å². The molecule has 0 aromatic rings. The van der Waals surface area contributed by atoms with Crippen molar-refractivity contribution in [3.8, 4) is 0 Å². The summed E-state index contributed by atoms with van der Waals surface area (Å²) < 4.78 is 0. The maximum absolute atomic E-state index is 11.1. The zero-order chi connectivity index (χ0) is 12.3. The fraction of sp³-hybridized carbons (Fsp3) is 0.929. The number of aliphatic carboxylic acids is 1. The highest BCUT2D eigenvalue weighted by Crippen LogP contribution is 2.42. The summed E-state index contributed by atoms with van der Waals surface area (Å²) in [7, 11) is 0. The molecule has 1 saturated carbocycles. The van der Waals surface area contributed by atoms with Crippen molar-refractivity contribution < 1.29 is 9.90 Å². The van der Waals surface area contributed by atoms with E-state index in [1.54, 1.807) is 0 Å². The van der Waals surface area contributed by atoms with E-state index < -0.39 is 5.97 Å². The van der Waals surface area contributed by atoms with Gasteiger partial charge in [0.15, 0.2) is 0 Å². The summed E-state index contributed by atoms with van der Waals surface area (Å²) in [5.74, 6) is 0.485.